The maximum Gasteiger partial charge on any atom is 0.312 e. The number of primary amides is 1. The number of urea groups is 1. The molecule has 1 aromatic carbocycles. The topological polar surface area (TPSA) is 217 Å². The van der Waals surface area contributed by atoms with Gasteiger partial charge in [-0.2, -0.15) is 0 Å². The van der Waals surface area contributed by atoms with Crippen LogP contribution < -0.4 is 27.0 Å². The summed E-state index contributed by atoms with van der Waals surface area (Å²) in [5.41, 5.74) is 6.72. The van der Waals surface area contributed by atoms with Crippen molar-refractivity contribution in [1.29, 1.82) is 0 Å². The molecule has 7 amide bonds. The van der Waals surface area contributed by atoms with Gasteiger partial charge >= 0.3 is 6.03 Å². The number of aryl methyl sites for hydroxylation is 1. The number of nitrogens with one attached hydrogen (secondary N) is 4. The molecule has 0 aromatic heterocycles. The molecule has 0 saturated carbocycles. The maximum atomic E-state index is 13.2. The predicted molar refractivity (Wildman–Crippen MR) is 179 cm³/mol. The number of carbonyl (C=O) groups is 6. The Kier molecular flexibility index (Phi) is 19.2. The van der Waals surface area contributed by atoms with Crippen LogP contribution in [0.15, 0.2) is 36.4 Å². The van der Waals surface area contributed by atoms with Crippen LogP contribution in [0.2, 0.25) is 0 Å². The second-order valence-electron chi connectivity index (χ2n) is 11.5. The summed E-state index contributed by atoms with van der Waals surface area (Å²) in [5, 5.41) is 10.8. The predicted octanol–water partition coefficient (Wildman–Crippen LogP) is 0.389. The molecule has 1 aliphatic rings. The number of nitrogens with two attached hydrogens (primary N) is 1. The van der Waals surface area contributed by atoms with E-state index in [4.69, 9.17) is 24.7 Å². The molecular weight excluding hydrogens is 640 g/mol. The van der Waals surface area contributed by atoms with E-state index >= 15 is 0 Å². The first-order valence-corrected chi connectivity index (χ1v) is 16.3. The Morgan fingerprint density at radius 2 is 1.33 bits per heavy atom. The largest absolute Gasteiger partial charge is 0.379 e. The molecule has 0 bridgehead atoms. The number of nitrogens with zero attached hydrogens (tertiary/aromatic N) is 1. The molecule has 0 spiro atoms. The maximum absolute atomic E-state index is 13.2. The third-order valence-electron chi connectivity index (χ3n) is 7.14. The van der Waals surface area contributed by atoms with Gasteiger partial charge in [0.2, 0.25) is 17.7 Å². The fourth-order valence-corrected chi connectivity index (χ4v) is 4.43. The molecule has 2 atom stereocenters. The Bertz CT molecular complexity index is 1240. The Labute approximate surface area is 286 Å². The molecule has 272 valence electrons. The minimum absolute atomic E-state index is 0.0202. The summed E-state index contributed by atoms with van der Waals surface area (Å²) < 4.78 is 21.7. The molecule has 2 rings (SSSR count). The van der Waals surface area contributed by atoms with E-state index in [1.54, 1.807) is 26.0 Å². The number of anilines is 1. The molecule has 49 heavy (non-hydrogen) atoms. The molecule has 16 heteroatoms. The number of imide groups is 1. The molecular formula is C33H50N6O10. The molecule has 1 aromatic rings. The zero-order valence-electron chi connectivity index (χ0n) is 28.5. The number of amides is 7. The van der Waals surface area contributed by atoms with Crippen LogP contribution in [0.3, 0.4) is 0 Å². The molecule has 0 unspecified atom stereocenters. The number of ether oxygens (including phenoxy) is 4. The molecule has 16 nitrogen and oxygen atoms in total. The van der Waals surface area contributed by atoms with Crippen LogP contribution in [0.4, 0.5) is 10.5 Å². The zero-order valence-corrected chi connectivity index (χ0v) is 28.5. The van der Waals surface area contributed by atoms with Crippen LogP contribution in [0.5, 0.6) is 0 Å². The van der Waals surface area contributed by atoms with Gasteiger partial charge in [0.25, 0.3) is 11.8 Å². The van der Waals surface area contributed by atoms with Gasteiger partial charge in [0, 0.05) is 30.8 Å². The number of rotatable bonds is 25. The number of carbonyl (C=O) groups excluding carboxylic acids is 6. The monoisotopic (exact) mass is 690 g/mol. The van der Waals surface area contributed by atoms with Crippen LogP contribution in [0.25, 0.3) is 0 Å². The Balaban J connectivity index is 1.62. The quantitative estimate of drug-likeness (QED) is 0.0702. The van der Waals surface area contributed by atoms with E-state index in [0.717, 1.165) is 10.5 Å². The lowest BCUT2D eigenvalue weighted by Crippen LogP contribution is -2.54. The lowest BCUT2D eigenvalue weighted by atomic mass is 10.0. The van der Waals surface area contributed by atoms with Gasteiger partial charge < -0.3 is 45.9 Å². The summed E-state index contributed by atoms with van der Waals surface area (Å²) in [6, 6.07) is 4.72. The van der Waals surface area contributed by atoms with Gasteiger partial charge in [-0.05, 0) is 37.8 Å². The normalized spacial score (nSPS) is 13.8. The van der Waals surface area contributed by atoms with E-state index in [9.17, 15) is 28.8 Å². The molecule has 0 fully saturated rings. The lowest BCUT2D eigenvalue weighted by molar-refractivity contribution is -0.137. The van der Waals surface area contributed by atoms with Crippen molar-refractivity contribution in [2.24, 2.45) is 11.7 Å². The van der Waals surface area contributed by atoms with Crippen LogP contribution in [0, 0.1) is 12.8 Å². The highest BCUT2D eigenvalue weighted by molar-refractivity contribution is 6.12. The molecule has 1 heterocycles. The van der Waals surface area contributed by atoms with Crippen LogP contribution in [-0.4, -0.2) is 118 Å². The van der Waals surface area contributed by atoms with Gasteiger partial charge in [-0.1, -0.05) is 31.5 Å². The van der Waals surface area contributed by atoms with Crippen LogP contribution in [-0.2, 0) is 42.9 Å². The number of benzene rings is 1. The van der Waals surface area contributed by atoms with Gasteiger partial charge in [0.15, 0.2) is 0 Å². The minimum atomic E-state index is -0.924. The molecule has 1 aliphatic heterocycles. The fraction of sp³-hybridized carbons (Fsp3) is 0.576. The van der Waals surface area contributed by atoms with Crippen molar-refractivity contribution in [2.75, 3.05) is 71.3 Å². The second-order valence-corrected chi connectivity index (χ2v) is 11.5. The Morgan fingerprint density at radius 1 is 0.776 bits per heavy atom. The van der Waals surface area contributed by atoms with Crippen molar-refractivity contribution in [3.05, 3.63) is 42.0 Å². The van der Waals surface area contributed by atoms with Crippen LogP contribution >= 0.6 is 0 Å². The second kappa shape index (κ2) is 23.1. The standard InChI is InChI=1S/C33H50N6O10/c1-23(2)30(32(44)37-26(5-4-13-35-33(34)45)31(43)36-25-8-6-24(3)7-9-25)38-27(40)12-15-46-17-19-48-21-22-49-20-18-47-16-14-39-28(41)10-11-29(39)42/h6-11,23,26,30H,4-5,12-22H2,1-3H3,(H,36,43)(H,37,44)(H,38,40)(H3,34,35,45)/t26-,30-/m0/s1. The molecule has 0 aliphatic carbocycles. The van der Waals surface area contributed by atoms with E-state index in [-0.39, 0.29) is 69.4 Å². The Hall–Kier alpha value is -4.38. The third kappa shape index (κ3) is 17.0. The lowest BCUT2D eigenvalue weighted by Gasteiger charge is -2.25. The van der Waals surface area contributed by atoms with Crippen molar-refractivity contribution in [2.45, 2.75) is 52.1 Å². The zero-order chi connectivity index (χ0) is 36.0. The van der Waals surface area contributed by atoms with E-state index in [1.807, 2.05) is 19.1 Å². The third-order valence-corrected chi connectivity index (χ3v) is 7.14. The number of hydrogen-bond donors (Lipinski definition) is 5. The minimum Gasteiger partial charge on any atom is -0.379 e. The highest BCUT2D eigenvalue weighted by Crippen LogP contribution is 2.11. The van der Waals surface area contributed by atoms with E-state index < -0.39 is 29.9 Å². The summed E-state index contributed by atoms with van der Waals surface area (Å²) in [6.45, 7) is 8.15. The first-order valence-electron chi connectivity index (χ1n) is 16.3. The first kappa shape index (κ1) is 40.8. The van der Waals surface area contributed by atoms with E-state index in [2.05, 4.69) is 21.3 Å². The SMILES string of the molecule is Cc1ccc(NC(=O)[C@H](CCCNC(N)=O)NC(=O)[C@@H](NC(=O)CCOCCOCCOCCOCCN2C(=O)C=CC2=O)C(C)C)cc1. The van der Waals surface area contributed by atoms with Crippen molar-refractivity contribution in [3.8, 4) is 0 Å². The van der Waals surface area contributed by atoms with Crippen molar-refractivity contribution in [1.82, 2.24) is 20.9 Å². The summed E-state index contributed by atoms with van der Waals surface area (Å²) in [5.74, 6) is -2.27. The summed E-state index contributed by atoms with van der Waals surface area (Å²) in [6.07, 6.45) is 3.08. The van der Waals surface area contributed by atoms with Gasteiger partial charge in [0.1, 0.15) is 12.1 Å². The van der Waals surface area contributed by atoms with E-state index in [1.165, 1.54) is 12.2 Å². The van der Waals surface area contributed by atoms with Gasteiger partial charge in [-0.3, -0.25) is 28.9 Å². The van der Waals surface area contributed by atoms with E-state index in [0.29, 0.717) is 45.1 Å². The Morgan fingerprint density at radius 3 is 1.88 bits per heavy atom. The highest BCUT2D eigenvalue weighted by atomic mass is 16.6. The first-order chi connectivity index (χ1) is 23.5. The average Bonchev–Trinajstić information content (AvgIpc) is 3.38. The summed E-state index contributed by atoms with van der Waals surface area (Å²) in [4.78, 5) is 74.0. The van der Waals surface area contributed by atoms with Crippen molar-refractivity contribution >= 4 is 41.3 Å². The van der Waals surface area contributed by atoms with Gasteiger partial charge in [0.05, 0.1) is 59.4 Å². The smallest absolute Gasteiger partial charge is 0.312 e. The summed E-state index contributed by atoms with van der Waals surface area (Å²) in [7, 11) is 0. The molecule has 0 saturated heterocycles. The van der Waals surface area contributed by atoms with Gasteiger partial charge in [-0.15, -0.1) is 0 Å². The molecule has 0 radical (unpaired) electrons. The summed E-state index contributed by atoms with van der Waals surface area (Å²) >= 11 is 0. The highest BCUT2D eigenvalue weighted by Gasteiger charge is 2.29. The van der Waals surface area contributed by atoms with Gasteiger partial charge in [-0.25, -0.2) is 4.79 Å². The molecule has 6 N–H and O–H groups in total. The van der Waals surface area contributed by atoms with Crippen LogP contribution in [0.1, 0.15) is 38.7 Å². The van der Waals surface area contributed by atoms with Crippen molar-refractivity contribution < 1.29 is 47.7 Å². The average molecular weight is 691 g/mol. The number of hydrogen-bond acceptors (Lipinski definition) is 10. The fourth-order valence-electron chi connectivity index (χ4n) is 4.43. The van der Waals surface area contributed by atoms with Crippen molar-refractivity contribution in [3.63, 3.8) is 0 Å².